The third-order valence-corrected chi connectivity index (χ3v) is 9.02. The van der Waals surface area contributed by atoms with Gasteiger partial charge in [0.2, 0.25) is 0 Å². The van der Waals surface area contributed by atoms with E-state index in [0.717, 1.165) is 27.3 Å². The van der Waals surface area contributed by atoms with E-state index >= 15 is 13.2 Å². The van der Waals surface area contributed by atoms with Crippen molar-refractivity contribution in [2.45, 2.75) is 18.2 Å². The van der Waals surface area contributed by atoms with Crippen LogP contribution in [0.25, 0.3) is 18.2 Å². The lowest BCUT2D eigenvalue weighted by Crippen LogP contribution is -2.43. The molecule has 0 fully saturated rings. The molecule has 10 heteroatoms. The SMILES string of the molecule is CN(CCO)c1ccc(/C=C/c2ccc(/C=C/C3=C(C#N)C(=C(C#N)C#N)OC3(c3ccccc3)C(F)(F)F)s2)c(Cc2ccccc2)c1. The van der Waals surface area contributed by atoms with Gasteiger partial charge < -0.3 is 14.7 Å². The number of benzene rings is 3. The average Bonchev–Trinajstić information content (AvgIpc) is 3.70. The first kappa shape index (κ1) is 34.5. The molecule has 5 rings (SSSR count). The number of halogens is 3. The maximum Gasteiger partial charge on any atom is 0.437 e. The van der Waals surface area contributed by atoms with Crippen LogP contribution in [0.3, 0.4) is 0 Å². The number of anilines is 1. The normalized spacial score (nSPS) is 16.0. The molecule has 1 aromatic heterocycles. The van der Waals surface area contributed by atoms with Crippen molar-refractivity contribution in [1.82, 2.24) is 0 Å². The van der Waals surface area contributed by atoms with Crippen LogP contribution in [0.15, 0.2) is 120 Å². The largest absolute Gasteiger partial charge is 0.465 e. The van der Waals surface area contributed by atoms with Gasteiger partial charge in [-0.1, -0.05) is 78.9 Å². The van der Waals surface area contributed by atoms with E-state index in [1.165, 1.54) is 47.8 Å². The lowest BCUT2D eigenvalue weighted by molar-refractivity contribution is -0.249. The van der Waals surface area contributed by atoms with Crippen LogP contribution in [0, 0.1) is 34.0 Å². The molecule has 49 heavy (non-hydrogen) atoms. The molecule has 0 saturated heterocycles. The molecule has 6 nitrogen and oxygen atoms in total. The Labute approximate surface area is 286 Å². The molecule has 0 bridgehead atoms. The number of likely N-dealkylation sites (N-methyl/N-ethyl adjacent to an activating group) is 1. The number of nitrogens with zero attached hydrogens (tertiary/aromatic N) is 4. The van der Waals surface area contributed by atoms with E-state index < -0.39 is 34.3 Å². The zero-order valence-electron chi connectivity index (χ0n) is 26.3. The Hall–Kier alpha value is -5.86. The van der Waals surface area contributed by atoms with Crippen molar-refractivity contribution in [3.05, 3.63) is 152 Å². The molecule has 0 spiro atoms. The second kappa shape index (κ2) is 14.9. The first-order valence-corrected chi connectivity index (χ1v) is 15.9. The third kappa shape index (κ3) is 7.20. The van der Waals surface area contributed by atoms with E-state index in [4.69, 9.17) is 4.74 Å². The first-order chi connectivity index (χ1) is 23.6. The standard InChI is InChI=1S/C39H29F3N4O2S/c1-46(20-21-47)32-14-12-28(29(23-32)22-27-8-4-2-5-9-27)13-15-33-16-17-34(49-33)18-19-36-35(26-45)37(30(24-43)25-44)48-38(36,39(40,41)42)31-10-6-3-7-11-31/h2-19,23,47H,20-22H2,1H3/b15-13+,19-18+. The Kier molecular flexibility index (Phi) is 10.5. The molecular formula is C39H29F3N4O2S. The van der Waals surface area contributed by atoms with Crippen LogP contribution in [0.2, 0.25) is 0 Å². The molecule has 1 unspecified atom stereocenters. The second-order valence-electron chi connectivity index (χ2n) is 11.1. The lowest BCUT2D eigenvalue weighted by atomic mass is 9.84. The predicted octanol–water partition coefficient (Wildman–Crippen LogP) is 8.56. The summed E-state index contributed by atoms with van der Waals surface area (Å²) in [5, 5.41) is 38.3. The van der Waals surface area contributed by atoms with Crippen LogP contribution in [-0.4, -0.2) is 31.5 Å². The summed E-state index contributed by atoms with van der Waals surface area (Å²) < 4.78 is 50.7. The number of hydrogen-bond acceptors (Lipinski definition) is 7. The van der Waals surface area contributed by atoms with Gasteiger partial charge in [-0.2, -0.15) is 29.0 Å². The fourth-order valence-electron chi connectivity index (χ4n) is 5.56. The van der Waals surface area contributed by atoms with Crippen LogP contribution in [-0.2, 0) is 16.8 Å². The van der Waals surface area contributed by atoms with E-state index in [1.807, 2.05) is 60.5 Å². The van der Waals surface area contributed by atoms with Crippen molar-refractivity contribution >= 4 is 35.3 Å². The van der Waals surface area contributed by atoms with E-state index in [9.17, 15) is 20.9 Å². The van der Waals surface area contributed by atoms with Crippen molar-refractivity contribution < 1.29 is 23.0 Å². The van der Waals surface area contributed by atoms with Crippen LogP contribution in [0.5, 0.6) is 0 Å². The Morgan fingerprint density at radius 1 is 0.878 bits per heavy atom. The number of aliphatic hydroxyl groups is 1. The highest BCUT2D eigenvalue weighted by atomic mass is 32.1. The number of ether oxygens (including phenoxy) is 1. The minimum atomic E-state index is -5.06. The van der Waals surface area contributed by atoms with Crippen molar-refractivity contribution in [3.8, 4) is 18.2 Å². The summed E-state index contributed by atoms with van der Waals surface area (Å²) in [7, 11) is 1.92. The Balaban J connectivity index is 1.51. The van der Waals surface area contributed by atoms with E-state index in [-0.39, 0.29) is 12.2 Å². The molecule has 0 amide bonds. The molecule has 1 aliphatic rings. The van der Waals surface area contributed by atoms with Crippen molar-refractivity contribution in [2.75, 3.05) is 25.1 Å². The maximum absolute atomic E-state index is 15.1. The van der Waals surface area contributed by atoms with Crippen LogP contribution in [0.1, 0.15) is 32.0 Å². The zero-order chi connectivity index (χ0) is 35.0. The van der Waals surface area contributed by atoms with Gasteiger partial charge in [0.1, 0.15) is 23.8 Å². The number of rotatable bonds is 10. The van der Waals surface area contributed by atoms with Gasteiger partial charge in [-0.05, 0) is 59.5 Å². The number of allylic oxidation sites excluding steroid dienone is 2. The summed E-state index contributed by atoms with van der Waals surface area (Å²) >= 11 is 1.33. The predicted molar refractivity (Wildman–Crippen MR) is 184 cm³/mol. The van der Waals surface area contributed by atoms with Gasteiger partial charge in [-0.3, -0.25) is 0 Å². The fraction of sp³-hybridized carbons (Fsp3) is 0.154. The third-order valence-electron chi connectivity index (χ3n) is 8.00. The highest BCUT2D eigenvalue weighted by Gasteiger charge is 2.65. The number of alkyl halides is 3. The number of hydrogen-bond donors (Lipinski definition) is 1. The molecule has 3 aromatic carbocycles. The van der Waals surface area contributed by atoms with E-state index in [1.54, 1.807) is 30.3 Å². The summed E-state index contributed by atoms with van der Waals surface area (Å²) in [5.74, 6) is -0.706. The summed E-state index contributed by atoms with van der Waals surface area (Å²) in [5.41, 5.74) is -1.00. The molecule has 1 aliphatic heterocycles. The molecule has 0 radical (unpaired) electrons. The van der Waals surface area contributed by atoms with Crippen molar-refractivity contribution in [2.24, 2.45) is 0 Å². The zero-order valence-corrected chi connectivity index (χ0v) is 27.1. The summed E-state index contributed by atoms with van der Waals surface area (Å²) in [6.45, 7) is 0.529. The molecular weight excluding hydrogens is 646 g/mol. The Morgan fingerprint density at radius 2 is 1.51 bits per heavy atom. The molecule has 0 saturated carbocycles. The van der Waals surface area contributed by atoms with Gasteiger partial charge in [-0.25, -0.2) is 0 Å². The van der Waals surface area contributed by atoms with Gasteiger partial charge in [0.05, 0.1) is 6.61 Å². The summed E-state index contributed by atoms with van der Waals surface area (Å²) in [6, 6.07) is 31.5. The number of aliphatic hydroxyl groups excluding tert-OH is 1. The number of nitriles is 3. The molecule has 2 heterocycles. The monoisotopic (exact) mass is 674 g/mol. The molecule has 244 valence electrons. The Bertz CT molecular complexity index is 2060. The summed E-state index contributed by atoms with van der Waals surface area (Å²) in [4.78, 5) is 3.43. The van der Waals surface area contributed by atoms with Crippen LogP contribution >= 0.6 is 11.3 Å². The van der Waals surface area contributed by atoms with Gasteiger partial charge >= 0.3 is 6.18 Å². The smallest absolute Gasteiger partial charge is 0.437 e. The minimum absolute atomic E-state index is 0.0333. The molecule has 4 aromatic rings. The quantitative estimate of drug-likeness (QED) is 0.169. The minimum Gasteiger partial charge on any atom is -0.465 e. The Morgan fingerprint density at radius 3 is 2.10 bits per heavy atom. The summed E-state index contributed by atoms with van der Waals surface area (Å²) in [6.07, 6.45) is 2.19. The number of thiophene rings is 1. The van der Waals surface area contributed by atoms with E-state index in [0.29, 0.717) is 17.8 Å². The average molecular weight is 675 g/mol. The van der Waals surface area contributed by atoms with E-state index in [2.05, 4.69) is 18.2 Å². The van der Waals surface area contributed by atoms with Crippen molar-refractivity contribution in [1.29, 1.82) is 15.8 Å². The van der Waals surface area contributed by atoms with Gasteiger partial charge in [0, 0.05) is 40.2 Å². The lowest BCUT2D eigenvalue weighted by Gasteiger charge is -2.33. The van der Waals surface area contributed by atoms with Gasteiger partial charge in [0.25, 0.3) is 5.60 Å². The van der Waals surface area contributed by atoms with Gasteiger partial charge in [-0.15, -0.1) is 11.3 Å². The van der Waals surface area contributed by atoms with Gasteiger partial charge in [0.15, 0.2) is 11.3 Å². The van der Waals surface area contributed by atoms with Crippen LogP contribution < -0.4 is 4.90 Å². The fourth-order valence-corrected chi connectivity index (χ4v) is 6.37. The first-order valence-electron chi connectivity index (χ1n) is 15.1. The maximum atomic E-state index is 15.1. The second-order valence-corrected chi connectivity index (χ2v) is 12.2. The molecule has 0 aliphatic carbocycles. The van der Waals surface area contributed by atoms with Crippen molar-refractivity contribution in [3.63, 3.8) is 0 Å². The highest BCUT2D eigenvalue weighted by Crippen LogP contribution is 2.56. The topological polar surface area (TPSA) is 104 Å². The molecule has 1 atom stereocenters. The van der Waals surface area contributed by atoms with Crippen LogP contribution in [0.4, 0.5) is 18.9 Å². The highest BCUT2D eigenvalue weighted by molar-refractivity contribution is 7.13. The molecule has 1 N–H and O–H groups in total.